The number of benzene rings is 1. The van der Waals surface area contributed by atoms with E-state index in [9.17, 15) is 13.2 Å². The molecular formula is C13H19F3. The Labute approximate surface area is 95.5 Å². The molecule has 0 saturated carbocycles. The predicted molar refractivity (Wildman–Crippen MR) is 61.5 cm³/mol. The number of hydrogen-bond acceptors (Lipinski definition) is 0. The SMILES string of the molecule is CC.CC[C@@H](C)c1ccc(C(F)(F)F)cc1. The van der Waals surface area contributed by atoms with Crippen LogP contribution in [0.15, 0.2) is 24.3 Å². The van der Waals surface area contributed by atoms with Crippen LogP contribution in [0.25, 0.3) is 0 Å². The molecule has 0 amide bonds. The monoisotopic (exact) mass is 232 g/mol. The van der Waals surface area contributed by atoms with Crippen molar-refractivity contribution in [1.82, 2.24) is 0 Å². The van der Waals surface area contributed by atoms with Crippen LogP contribution in [-0.2, 0) is 6.18 Å². The Kier molecular flexibility index (Phi) is 6.16. The molecule has 1 aromatic rings. The van der Waals surface area contributed by atoms with Crippen molar-refractivity contribution in [1.29, 1.82) is 0 Å². The lowest BCUT2D eigenvalue weighted by Crippen LogP contribution is -2.04. The standard InChI is InChI=1S/C11H13F3.C2H6/c1-3-8(2)9-4-6-10(7-5-9)11(12,13)14;1-2/h4-8H,3H2,1-2H3;1-2H3/t8-;/m1./s1. The molecule has 0 aliphatic carbocycles. The first-order valence-electron chi connectivity index (χ1n) is 5.62. The molecule has 0 unspecified atom stereocenters. The van der Waals surface area contributed by atoms with Gasteiger partial charge in [-0.2, -0.15) is 13.2 Å². The second-order valence-electron chi connectivity index (χ2n) is 3.43. The minimum atomic E-state index is -4.23. The second kappa shape index (κ2) is 6.56. The van der Waals surface area contributed by atoms with E-state index in [4.69, 9.17) is 0 Å². The van der Waals surface area contributed by atoms with Crippen LogP contribution in [0.1, 0.15) is 51.2 Å². The molecule has 0 N–H and O–H groups in total. The number of alkyl halides is 3. The summed E-state index contributed by atoms with van der Waals surface area (Å²) in [6.07, 6.45) is -3.29. The molecule has 0 bridgehead atoms. The molecule has 0 radical (unpaired) electrons. The van der Waals surface area contributed by atoms with Gasteiger partial charge in [0.2, 0.25) is 0 Å². The van der Waals surface area contributed by atoms with Crippen LogP contribution in [0.3, 0.4) is 0 Å². The Balaban J connectivity index is 0.00000106. The molecule has 0 spiro atoms. The van der Waals surface area contributed by atoms with Crippen LogP contribution in [0.4, 0.5) is 13.2 Å². The van der Waals surface area contributed by atoms with Crippen LogP contribution in [0, 0.1) is 0 Å². The lowest BCUT2D eigenvalue weighted by atomic mass is 9.98. The molecule has 0 fully saturated rings. The Bertz CT molecular complexity index is 285. The highest BCUT2D eigenvalue weighted by atomic mass is 19.4. The average molecular weight is 232 g/mol. The number of hydrogen-bond donors (Lipinski definition) is 0. The Morgan fingerprint density at radius 3 is 1.81 bits per heavy atom. The highest BCUT2D eigenvalue weighted by Gasteiger charge is 2.29. The highest BCUT2D eigenvalue weighted by Crippen LogP contribution is 2.30. The Morgan fingerprint density at radius 1 is 1.06 bits per heavy atom. The molecule has 3 heteroatoms. The van der Waals surface area contributed by atoms with Crippen LogP contribution in [-0.4, -0.2) is 0 Å². The summed E-state index contributed by atoms with van der Waals surface area (Å²) in [5.41, 5.74) is 0.380. The molecule has 0 nitrogen and oxygen atoms in total. The summed E-state index contributed by atoms with van der Waals surface area (Å²) in [4.78, 5) is 0. The van der Waals surface area contributed by atoms with Crippen molar-refractivity contribution >= 4 is 0 Å². The first-order chi connectivity index (χ1) is 7.45. The summed E-state index contributed by atoms with van der Waals surface area (Å²) in [5.74, 6) is 0.317. The van der Waals surface area contributed by atoms with Crippen molar-refractivity contribution in [2.24, 2.45) is 0 Å². The molecule has 0 saturated heterocycles. The minimum Gasteiger partial charge on any atom is -0.166 e. The van der Waals surface area contributed by atoms with E-state index in [1.54, 1.807) is 12.1 Å². The van der Waals surface area contributed by atoms with Crippen LogP contribution in [0.5, 0.6) is 0 Å². The first kappa shape index (κ1) is 15.0. The van der Waals surface area contributed by atoms with E-state index in [0.717, 1.165) is 24.1 Å². The zero-order valence-corrected chi connectivity index (χ0v) is 10.2. The van der Waals surface area contributed by atoms with Crippen molar-refractivity contribution in [2.75, 3.05) is 0 Å². The van der Waals surface area contributed by atoms with Crippen LogP contribution < -0.4 is 0 Å². The third kappa shape index (κ3) is 4.25. The van der Waals surface area contributed by atoms with Gasteiger partial charge < -0.3 is 0 Å². The van der Waals surface area contributed by atoms with Crippen LogP contribution in [0.2, 0.25) is 0 Å². The summed E-state index contributed by atoms with van der Waals surface area (Å²) in [6, 6.07) is 5.39. The van der Waals surface area contributed by atoms with Gasteiger partial charge in [-0.25, -0.2) is 0 Å². The lowest BCUT2D eigenvalue weighted by molar-refractivity contribution is -0.137. The molecule has 1 aromatic carbocycles. The summed E-state index contributed by atoms with van der Waals surface area (Å²) in [7, 11) is 0. The largest absolute Gasteiger partial charge is 0.416 e. The molecule has 0 aliphatic rings. The van der Waals surface area contributed by atoms with Gasteiger partial charge in [0.1, 0.15) is 0 Å². The van der Waals surface area contributed by atoms with Gasteiger partial charge in [0.25, 0.3) is 0 Å². The molecule has 16 heavy (non-hydrogen) atoms. The van der Waals surface area contributed by atoms with E-state index in [1.807, 2.05) is 27.7 Å². The zero-order valence-electron chi connectivity index (χ0n) is 10.2. The Morgan fingerprint density at radius 2 is 1.50 bits per heavy atom. The quantitative estimate of drug-likeness (QED) is 0.653. The van der Waals surface area contributed by atoms with Gasteiger partial charge >= 0.3 is 6.18 Å². The third-order valence-electron chi connectivity index (χ3n) is 2.42. The lowest BCUT2D eigenvalue weighted by Gasteiger charge is -2.11. The van der Waals surface area contributed by atoms with Crippen molar-refractivity contribution in [2.45, 2.75) is 46.2 Å². The van der Waals surface area contributed by atoms with Gasteiger partial charge in [0, 0.05) is 0 Å². The molecule has 1 atom stereocenters. The summed E-state index contributed by atoms with van der Waals surface area (Å²) in [6.45, 7) is 8.02. The van der Waals surface area contributed by atoms with E-state index in [0.29, 0.717) is 5.92 Å². The molecule has 0 heterocycles. The highest BCUT2D eigenvalue weighted by molar-refractivity contribution is 5.26. The molecule has 1 rings (SSSR count). The molecule has 92 valence electrons. The maximum Gasteiger partial charge on any atom is 0.416 e. The van der Waals surface area contributed by atoms with Crippen molar-refractivity contribution in [3.05, 3.63) is 35.4 Å². The van der Waals surface area contributed by atoms with Gasteiger partial charge in [0.15, 0.2) is 0 Å². The fraction of sp³-hybridized carbons (Fsp3) is 0.538. The van der Waals surface area contributed by atoms with Crippen molar-refractivity contribution in [3.63, 3.8) is 0 Å². The zero-order chi connectivity index (χ0) is 12.8. The van der Waals surface area contributed by atoms with E-state index in [1.165, 1.54) is 0 Å². The number of halogens is 3. The van der Waals surface area contributed by atoms with Gasteiger partial charge in [-0.1, -0.05) is 39.8 Å². The van der Waals surface area contributed by atoms with Crippen molar-refractivity contribution in [3.8, 4) is 0 Å². The third-order valence-corrected chi connectivity index (χ3v) is 2.42. The topological polar surface area (TPSA) is 0 Å². The maximum atomic E-state index is 12.2. The van der Waals surface area contributed by atoms with E-state index >= 15 is 0 Å². The fourth-order valence-corrected chi connectivity index (χ4v) is 1.24. The molecular weight excluding hydrogens is 213 g/mol. The average Bonchev–Trinajstić information content (AvgIpc) is 2.30. The number of rotatable bonds is 2. The van der Waals surface area contributed by atoms with Crippen LogP contribution >= 0.6 is 0 Å². The minimum absolute atomic E-state index is 0.317. The van der Waals surface area contributed by atoms with Gasteiger partial charge in [-0.15, -0.1) is 0 Å². The van der Waals surface area contributed by atoms with Crippen molar-refractivity contribution < 1.29 is 13.2 Å². The Hall–Kier alpha value is -0.990. The van der Waals surface area contributed by atoms with Gasteiger partial charge in [-0.3, -0.25) is 0 Å². The smallest absolute Gasteiger partial charge is 0.166 e. The van der Waals surface area contributed by atoms with E-state index in [2.05, 4.69) is 0 Å². The first-order valence-corrected chi connectivity index (χ1v) is 5.62. The summed E-state index contributed by atoms with van der Waals surface area (Å²) >= 11 is 0. The van der Waals surface area contributed by atoms with E-state index in [-0.39, 0.29) is 0 Å². The summed E-state index contributed by atoms with van der Waals surface area (Å²) < 4.78 is 36.6. The second-order valence-corrected chi connectivity index (χ2v) is 3.43. The summed E-state index contributed by atoms with van der Waals surface area (Å²) in [5, 5.41) is 0. The van der Waals surface area contributed by atoms with Gasteiger partial charge in [0.05, 0.1) is 5.56 Å². The fourth-order valence-electron chi connectivity index (χ4n) is 1.24. The van der Waals surface area contributed by atoms with E-state index < -0.39 is 11.7 Å². The molecule has 0 aromatic heterocycles. The normalized spacial score (nSPS) is 12.7. The maximum absolute atomic E-state index is 12.2. The molecule has 0 aliphatic heterocycles. The predicted octanol–water partition coefficient (Wildman–Crippen LogP) is 5.25. The van der Waals surface area contributed by atoms with Gasteiger partial charge in [-0.05, 0) is 30.0 Å².